The van der Waals surface area contributed by atoms with E-state index in [0.29, 0.717) is 0 Å². The molecule has 0 unspecified atom stereocenters. The van der Waals surface area contributed by atoms with Gasteiger partial charge in [0.25, 0.3) is 0 Å². The zero-order chi connectivity index (χ0) is 19.0. The van der Waals surface area contributed by atoms with Gasteiger partial charge in [-0.2, -0.15) is 4.37 Å². The molecule has 3 heterocycles. The van der Waals surface area contributed by atoms with E-state index < -0.39 is 62.0 Å². The van der Waals surface area contributed by atoms with Gasteiger partial charge in [0.1, 0.15) is 42.7 Å². The second kappa shape index (κ2) is 7.80. The zero-order valence-electron chi connectivity index (χ0n) is 13.4. The van der Waals surface area contributed by atoms with Crippen molar-refractivity contribution in [3.63, 3.8) is 0 Å². The van der Waals surface area contributed by atoms with Gasteiger partial charge >= 0.3 is 0 Å². The molecule has 1 fully saturated rings. The van der Waals surface area contributed by atoms with E-state index in [2.05, 4.69) is 9.36 Å². The summed E-state index contributed by atoms with van der Waals surface area (Å²) in [6, 6.07) is 0. The fraction of sp³-hybridized carbons (Fsp3) is 0.714. The van der Waals surface area contributed by atoms with Crippen molar-refractivity contribution in [1.29, 1.82) is 0 Å². The molecule has 0 bridgehead atoms. The lowest BCUT2D eigenvalue weighted by Gasteiger charge is -2.38. The van der Waals surface area contributed by atoms with Gasteiger partial charge in [-0.15, -0.1) is 0 Å². The van der Waals surface area contributed by atoms with E-state index in [4.69, 9.17) is 9.47 Å². The molecule has 0 aliphatic carbocycles. The van der Waals surface area contributed by atoms with Crippen molar-refractivity contribution in [2.45, 2.75) is 48.8 Å². The molecule has 3 rings (SSSR count). The SMILES string of the molecule is OC[C@H]1O[C@@H](c2nsc(C3=C[C@@H](O)[C@H](O)[C@@H](CO)O3)n2)[C@H](O)[C@@H](O)[C@@H]1O. The van der Waals surface area contributed by atoms with E-state index in [9.17, 15) is 35.7 Å². The number of rotatable bonds is 4. The third-order valence-corrected chi connectivity index (χ3v) is 5.05. The van der Waals surface area contributed by atoms with Gasteiger partial charge in [0.05, 0.1) is 13.2 Å². The minimum absolute atomic E-state index is 0.00689. The van der Waals surface area contributed by atoms with Crippen LogP contribution < -0.4 is 0 Å². The highest BCUT2D eigenvalue weighted by Gasteiger charge is 2.45. The Morgan fingerprint density at radius 2 is 1.62 bits per heavy atom. The predicted octanol–water partition coefficient (Wildman–Crippen LogP) is -3.49. The highest BCUT2D eigenvalue weighted by atomic mass is 32.1. The van der Waals surface area contributed by atoms with Crippen LogP contribution in [0.3, 0.4) is 0 Å². The normalized spacial score (nSPS) is 40.8. The van der Waals surface area contributed by atoms with Crippen molar-refractivity contribution >= 4 is 17.3 Å². The third-order valence-electron chi connectivity index (χ3n) is 4.31. The Bertz CT molecular complexity index is 654. The Balaban J connectivity index is 1.82. The lowest BCUT2D eigenvalue weighted by molar-refractivity contribution is -0.233. The Morgan fingerprint density at radius 3 is 2.27 bits per heavy atom. The second-order valence-electron chi connectivity index (χ2n) is 6.06. The molecule has 12 heteroatoms. The van der Waals surface area contributed by atoms with Gasteiger partial charge in [-0.3, -0.25) is 0 Å². The smallest absolute Gasteiger partial charge is 0.178 e. The molecule has 8 atom stereocenters. The van der Waals surface area contributed by atoms with Crippen LogP contribution in [0.25, 0.3) is 5.76 Å². The zero-order valence-corrected chi connectivity index (χ0v) is 14.2. The molecule has 0 radical (unpaired) electrons. The maximum atomic E-state index is 10.1. The first-order valence-corrected chi connectivity index (χ1v) is 8.64. The van der Waals surface area contributed by atoms with Gasteiger partial charge in [0, 0.05) is 0 Å². The van der Waals surface area contributed by atoms with E-state index in [0.717, 1.165) is 11.5 Å². The minimum Gasteiger partial charge on any atom is -0.482 e. The van der Waals surface area contributed by atoms with Crippen LogP contribution in [-0.4, -0.2) is 101 Å². The summed E-state index contributed by atoms with van der Waals surface area (Å²) in [5.41, 5.74) is 0. The predicted molar refractivity (Wildman–Crippen MR) is 84.6 cm³/mol. The number of aliphatic hydroxyl groups is 7. The first-order chi connectivity index (χ1) is 12.4. The molecule has 2 aliphatic heterocycles. The molecule has 146 valence electrons. The molecule has 0 spiro atoms. The fourth-order valence-electron chi connectivity index (χ4n) is 2.78. The van der Waals surface area contributed by atoms with Crippen LogP contribution in [0.15, 0.2) is 6.08 Å². The lowest BCUT2D eigenvalue weighted by Crippen LogP contribution is -2.55. The summed E-state index contributed by atoms with van der Waals surface area (Å²) in [4.78, 5) is 4.14. The van der Waals surface area contributed by atoms with Crippen LogP contribution in [0.2, 0.25) is 0 Å². The first-order valence-electron chi connectivity index (χ1n) is 7.87. The van der Waals surface area contributed by atoms with Crippen molar-refractivity contribution < 1.29 is 45.2 Å². The minimum atomic E-state index is -1.56. The average molecular weight is 392 g/mol. The number of hydrogen-bond acceptors (Lipinski definition) is 12. The highest BCUT2D eigenvalue weighted by Crippen LogP contribution is 2.33. The molecule has 11 nitrogen and oxygen atoms in total. The molecule has 0 amide bonds. The number of aromatic nitrogens is 2. The Morgan fingerprint density at radius 1 is 0.923 bits per heavy atom. The summed E-state index contributed by atoms with van der Waals surface area (Å²) in [5, 5.41) is 67.9. The molecular formula is C14H20N2O9S. The molecule has 1 saturated heterocycles. The van der Waals surface area contributed by atoms with Crippen LogP contribution in [0.4, 0.5) is 0 Å². The van der Waals surface area contributed by atoms with E-state index in [-0.39, 0.29) is 16.6 Å². The molecule has 0 saturated carbocycles. The molecule has 7 N–H and O–H groups in total. The van der Waals surface area contributed by atoms with Crippen molar-refractivity contribution in [3.8, 4) is 0 Å². The molecule has 26 heavy (non-hydrogen) atoms. The maximum Gasteiger partial charge on any atom is 0.178 e. The van der Waals surface area contributed by atoms with E-state index >= 15 is 0 Å². The third kappa shape index (κ3) is 3.47. The second-order valence-corrected chi connectivity index (χ2v) is 6.81. The fourth-order valence-corrected chi connectivity index (χ4v) is 3.44. The van der Waals surface area contributed by atoms with Gasteiger partial charge in [-0.1, -0.05) is 0 Å². The number of nitrogens with zero attached hydrogens (tertiary/aromatic N) is 2. The average Bonchev–Trinajstić information content (AvgIpc) is 3.12. The summed E-state index contributed by atoms with van der Waals surface area (Å²) in [6.45, 7) is -1.09. The summed E-state index contributed by atoms with van der Waals surface area (Å²) in [6.07, 6.45) is -9.23. The number of aliphatic hydroxyl groups excluding tert-OH is 7. The van der Waals surface area contributed by atoms with Gasteiger partial charge in [0.2, 0.25) is 0 Å². The van der Waals surface area contributed by atoms with Crippen LogP contribution in [0.5, 0.6) is 0 Å². The number of ether oxygens (including phenoxy) is 2. The summed E-state index contributed by atoms with van der Waals surface area (Å²) >= 11 is 0.852. The van der Waals surface area contributed by atoms with E-state index in [1.807, 2.05) is 0 Å². The molecule has 1 aromatic heterocycles. The largest absolute Gasteiger partial charge is 0.482 e. The summed E-state index contributed by atoms with van der Waals surface area (Å²) < 4.78 is 14.8. The van der Waals surface area contributed by atoms with E-state index in [1.54, 1.807) is 0 Å². The van der Waals surface area contributed by atoms with Crippen molar-refractivity contribution in [2.75, 3.05) is 13.2 Å². The highest BCUT2D eigenvalue weighted by molar-refractivity contribution is 7.06. The molecule has 0 aromatic carbocycles. The van der Waals surface area contributed by atoms with Crippen LogP contribution >= 0.6 is 11.5 Å². The Labute approximate surface area is 151 Å². The molecule has 2 aliphatic rings. The monoisotopic (exact) mass is 392 g/mol. The van der Waals surface area contributed by atoms with Crippen LogP contribution in [-0.2, 0) is 9.47 Å². The van der Waals surface area contributed by atoms with Gasteiger partial charge in [-0.25, -0.2) is 4.98 Å². The van der Waals surface area contributed by atoms with Gasteiger partial charge in [-0.05, 0) is 17.6 Å². The Hall–Kier alpha value is -1.22. The van der Waals surface area contributed by atoms with Crippen LogP contribution in [0, 0.1) is 0 Å². The van der Waals surface area contributed by atoms with Gasteiger partial charge in [0.15, 0.2) is 22.7 Å². The summed E-state index contributed by atoms with van der Waals surface area (Å²) in [5.74, 6) is 0.0859. The number of hydrogen-bond donors (Lipinski definition) is 7. The van der Waals surface area contributed by atoms with Crippen molar-refractivity contribution in [3.05, 3.63) is 16.9 Å². The summed E-state index contributed by atoms with van der Waals surface area (Å²) in [7, 11) is 0. The topological polar surface area (TPSA) is 186 Å². The molecular weight excluding hydrogens is 372 g/mol. The maximum absolute atomic E-state index is 10.1. The Kier molecular flexibility index (Phi) is 5.86. The van der Waals surface area contributed by atoms with E-state index in [1.165, 1.54) is 6.08 Å². The van der Waals surface area contributed by atoms with Crippen molar-refractivity contribution in [2.24, 2.45) is 0 Å². The quantitative estimate of drug-likeness (QED) is 0.270. The standard InChI is InChI=1S/C14H20N2O9S/c17-2-6-8(20)4(19)1-5(24-6)14-15-13(16-26-14)12-11(23)10(22)9(21)7(3-18)25-12/h1,4,6-12,17-23H,2-3H2/t4-,6-,7-,8+,9-,10+,11-,12-/m1/s1. The lowest BCUT2D eigenvalue weighted by atomic mass is 9.95. The first kappa shape index (κ1) is 19.5. The molecule has 1 aromatic rings. The van der Waals surface area contributed by atoms with Crippen molar-refractivity contribution in [1.82, 2.24) is 9.36 Å². The van der Waals surface area contributed by atoms with Gasteiger partial charge < -0.3 is 45.2 Å². The van der Waals surface area contributed by atoms with Crippen LogP contribution in [0.1, 0.15) is 16.9 Å².